The molecule has 0 spiro atoms. The van der Waals surface area contributed by atoms with Gasteiger partial charge in [-0.3, -0.25) is 4.98 Å². The Labute approximate surface area is 119 Å². The Hall–Kier alpha value is -2.32. The van der Waals surface area contributed by atoms with Gasteiger partial charge in [0, 0.05) is 11.7 Å². The third-order valence-corrected chi connectivity index (χ3v) is 2.12. The van der Waals surface area contributed by atoms with E-state index in [2.05, 4.69) is 20.8 Å². The van der Waals surface area contributed by atoms with Crippen LogP contribution in [-0.4, -0.2) is 22.4 Å². The maximum Gasteiger partial charge on any atom is 0.417 e. The number of hydrogen-bond acceptors (Lipinski definition) is 3. The van der Waals surface area contributed by atoms with Crippen LogP contribution in [0.2, 0.25) is 0 Å². The minimum Gasteiger partial charge on any atom is -0.380 e. The topological polar surface area (TPSA) is 92.4 Å². The van der Waals surface area contributed by atoms with Crippen molar-refractivity contribution in [2.24, 2.45) is 10.8 Å². The number of pyridine rings is 1. The van der Waals surface area contributed by atoms with Gasteiger partial charge >= 0.3 is 12.2 Å². The second kappa shape index (κ2) is 5.98. The number of carbonyl (C=O) groups is 1. The summed E-state index contributed by atoms with van der Waals surface area (Å²) in [6.07, 6.45) is -3.82. The summed E-state index contributed by atoms with van der Waals surface area (Å²) in [5.74, 6) is -0.201. The van der Waals surface area contributed by atoms with E-state index in [0.29, 0.717) is 6.20 Å². The number of amidine groups is 1. The Kier molecular flexibility index (Phi) is 4.77. The number of aromatic nitrogens is 1. The summed E-state index contributed by atoms with van der Waals surface area (Å²) < 4.78 is 37.1. The van der Waals surface area contributed by atoms with Gasteiger partial charge in [0.1, 0.15) is 5.69 Å². The van der Waals surface area contributed by atoms with Crippen molar-refractivity contribution in [1.82, 2.24) is 15.7 Å². The summed E-state index contributed by atoms with van der Waals surface area (Å²) in [7, 11) is 0. The number of nitrogens with zero attached hydrogens (tertiary/aromatic N) is 2. The molecule has 9 heteroatoms. The fourth-order valence-electron chi connectivity index (χ4n) is 1.25. The fraction of sp³-hybridized carbons (Fsp3) is 0.417. The molecule has 0 aliphatic heterocycles. The molecule has 6 nitrogen and oxygen atoms in total. The van der Waals surface area contributed by atoms with Crippen molar-refractivity contribution in [1.29, 1.82) is 0 Å². The van der Waals surface area contributed by atoms with Crippen LogP contribution in [-0.2, 0) is 6.18 Å². The number of carbonyl (C=O) groups excluding carboxylic acids is 1. The molecule has 1 aromatic heterocycles. The highest BCUT2D eigenvalue weighted by Crippen LogP contribution is 2.28. The highest BCUT2D eigenvalue weighted by atomic mass is 19.4. The number of hydrogen-bond donors (Lipinski definition) is 3. The van der Waals surface area contributed by atoms with Crippen molar-refractivity contribution < 1.29 is 18.0 Å². The molecule has 0 saturated heterocycles. The summed E-state index contributed by atoms with van der Waals surface area (Å²) in [6, 6.07) is 1.32. The summed E-state index contributed by atoms with van der Waals surface area (Å²) >= 11 is 0. The third kappa shape index (κ3) is 5.67. The van der Waals surface area contributed by atoms with Gasteiger partial charge in [0.05, 0.1) is 5.56 Å². The SMILES string of the molecule is CC(C)(C)NC(=O)N/N=C(\N)c1ccc(C(F)(F)F)cn1. The predicted molar refractivity (Wildman–Crippen MR) is 71.4 cm³/mol. The van der Waals surface area contributed by atoms with Crippen molar-refractivity contribution >= 4 is 11.9 Å². The standard InChI is InChI=1S/C12H16F3N5O/c1-11(2,3)18-10(21)20-19-9(16)8-5-4-7(6-17-8)12(13,14)15/h4-6H,1-3H3,(H2,16,19)(H2,18,20,21). The van der Waals surface area contributed by atoms with Crippen molar-refractivity contribution in [3.8, 4) is 0 Å². The number of amides is 2. The first-order valence-corrected chi connectivity index (χ1v) is 5.94. The number of halogens is 3. The van der Waals surface area contributed by atoms with Gasteiger partial charge in [0.2, 0.25) is 0 Å². The lowest BCUT2D eigenvalue weighted by Gasteiger charge is -2.19. The molecule has 1 heterocycles. The average molecular weight is 303 g/mol. The largest absolute Gasteiger partial charge is 0.417 e. The van der Waals surface area contributed by atoms with Crippen molar-refractivity contribution in [3.05, 3.63) is 29.6 Å². The maximum atomic E-state index is 12.4. The van der Waals surface area contributed by atoms with Gasteiger partial charge in [-0.2, -0.15) is 18.3 Å². The Balaban J connectivity index is 2.73. The summed E-state index contributed by atoms with van der Waals surface area (Å²) in [4.78, 5) is 15.0. The number of nitrogens with two attached hydrogens (primary N) is 1. The molecule has 116 valence electrons. The van der Waals surface area contributed by atoms with Crippen LogP contribution < -0.4 is 16.5 Å². The van der Waals surface area contributed by atoms with Crippen LogP contribution in [0, 0.1) is 0 Å². The first-order valence-electron chi connectivity index (χ1n) is 5.94. The normalized spacial score (nSPS) is 13.0. The zero-order valence-electron chi connectivity index (χ0n) is 11.7. The molecule has 0 bridgehead atoms. The lowest BCUT2D eigenvalue weighted by atomic mass is 10.1. The van der Waals surface area contributed by atoms with Gasteiger partial charge in [-0.15, -0.1) is 0 Å². The zero-order chi connectivity index (χ0) is 16.3. The average Bonchev–Trinajstić information content (AvgIpc) is 2.33. The molecule has 1 rings (SSSR count). The number of hydrazone groups is 1. The number of urea groups is 1. The zero-order valence-corrected chi connectivity index (χ0v) is 11.7. The van der Waals surface area contributed by atoms with Gasteiger partial charge in [0.25, 0.3) is 0 Å². The van der Waals surface area contributed by atoms with E-state index in [0.717, 1.165) is 12.1 Å². The minimum atomic E-state index is -4.47. The van der Waals surface area contributed by atoms with Crippen LogP contribution in [0.1, 0.15) is 32.0 Å². The van der Waals surface area contributed by atoms with E-state index in [1.54, 1.807) is 20.8 Å². The highest BCUT2D eigenvalue weighted by molar-refractivity contribution is 5.96. The molecular weight excluding hydrogens is 287 g/mol. The van der Waals surface area contributed by atoms with Crippen molar-refractivity contribution in [2.75, 3.05) is 0 Å². The molecule has 21 heavy (non-hydrogen) atoms. The van der Waals surface area contributed by atoms with E-state index in [9.17, 15) is 18.0 Å². The monoisotopic (exact) mass is 303 g/mol. The Morgan fingerprint density at radius 1 is 1.29 bits per heavy atom. The van der Waals surface area contributed by atoms with Crippen molar-refractivity contribution in [3.63, 3.8) is 0 Å². The van der Waals surface area contributed by atoms with E-state index >= 15 is 0 Å². The Bertz CT molecular complexity index is 531. The summed E-state index contributed by atoms with van der Waals surface area (Å²) in [5.41, 5.74) is 6.34. The summed E-state index contributed by atoms with van der Waals surface area (Å²) in [6.45, 7) is 5.32. The van der Waals surface area contributed by atoms with Gasteiger partial charge in [-0.25, -0.2) is 10.2 Å². The molecule has 0 radical (unpaired) electrons. The number of nitrogens with one attached hydrogen (secondary N) is 2. The molecule has 0 saturated carbocycles. The second-order valence-electron chi connectivity index (χ2n) is 5.24. The molecule has 0 fully saturated rings. The molecule has 4 N–H and O–H groups in total. The maximum absolute atomic E-state index is 12.4. The molecule has 0 aromatic carbocycles. The van der Waals surface area contributed by atoms with Crippen LogP contribution in [0.5, 0.6) is 0 Å². The lowest BCUT2D eigenvalue weighted by molar-refractivity contribution is -0.137. The molecule has 0 aliphatic carbocycles. The van der Waals surface area contributed by atoms with Crippen LogP contribution >= 0.6 is 0 Å². The van der Waals surface area contributed by atoms with E-state index in [1.165, 1.54) is 0 Å². The van der Waals surface area contributed by atoms with Crippen LogP contribution in [0.15, 0.2) is 23.4 Å². The van der Waals surface area contributed by atoms with Crippen LogP contribution in [0.4, 0.5) is 18.0 Å². The Morgan fingerprint density at radius 2 is 1.90 bits per heavy atom. The molecule has 0 atom stereocenters. The molecule has 1 aromatic rings. The van der Waals surface area contributed by atoms with Crippen LogP contribution in [0.3, 0.4) is 0 Å². The van der Waals surface area contributed by atoms with Crippen LogP contribution in [0.25, 0.3) is 0 Å². The first-order chi connectivity index (χ1) is 9.49. The number of alkyl halides is 3. The fourth-order valence-corrected chi connectivity index (χ4v) is 1.25. The summed E-state index contributed by atoms with van der Waals surface area (Å²) in [5, 5.41) is 6.13. The van der Waals surface area contributed by atoms with Gasteiger partial charge in [-0.1, -0.05) is 0 Å². The van der Waals surface area contributed by atoms with Gasteiger partial charge in [-0.05, 0) is 32.9 Å². The molecule has 0 unspecified atom stereocenters. The highest BCUT2D eigenvalue weighted by Gasteiger charge is 2.30. The third-order valence-electron chi connectivity index (χ3n) is 2.12. The second-order valence-corrected chi connectivity index (χ2v) is 5.24. The number of rotatable bonds is 2. The van der Waals surface area contributed by atoms with E-state index < -0.39 is 23.3 Å². The molecular formula is C12H16F3N5O. The minimum absolute atomic E-state index is 0.0269. The van der Waals surface area contributed by atoms with E-state index in [4.69, 9.17) is 5.73 Å². The lowest BCUT2D eigenvalue weighted by Crippen LogP contribution is -2.45. The smallest absolute Gasteiger partial charge is 0.380 e. The van der Waals surface area contributed by atoms with Gasteiger partial charge in [0.15, 0.2) is 5.84 Å². The first kappa shape index (κ1) is 16.7. The Morgan fingerprint density at radius 3 is 2.33 bits per heavy atom. The van der Waals surface area contributed by atoms with E-state index in [1.807, 2.05) is 0 Å². The molecule has 0 aliphatic rings. The van der Waals surface area contributed by atoms with Crippen molar-refractivity contribution in [2.45, 2.75) is 32.5 Å². The van der Waals surface area contributed by atoms with Gasteiger partial charge < -0.3 is 11.1 Å². The molecule has 2 amide bonds. The van der Waals surface area contributed by atoms with E-state index in [-0.39, 0.29) is 11.5 Å². The predicted octanol–water partition coefficient (Wildman–Crippen LogP) is 1.82. The quantitative estimate of drug-likeness (QED) is 0.442.